The van der Waals surface area contributed by atoms with E-state index in [-0.39, 0.29) is 0 Å². The van der Waals surface area contributed by atoms with Crippen LogP contribution in [0.4, 0.5) is 0 Å². The highest BCUT2D eigenvalue weighted by molar-refractivity contribution is 14.1. The van der Waals surface area contributed by atoms with Gasteiger partial charge in [0.15, 0.2) is 0 Å². The molecule has 17 heavy (non-hydrogen) atoms. The molecule has 0 amide bonds. The van der Waals surface area contributed by atoms with Crippen LogP contribution in [0, 0.1) is 3.57 Å². The van der Waals surface area contributed by atoms with Crippen LogP contribution in [0.1, 0.15) is 18.1 Å². The Bertz CT molecular complexity index is 485. The Hall–Kier alpha value is -1.10. The summed E-state index contributed by atoms with van der Waals surface area (Å²) >= 11 is 2.31. The Morgan fingerprint density at radius 1 is 1.24 bits per heavy atom. The maximum Gasteiger partial charge on any atom is 0.133 e. The Balaban J connectivity index is 2.04. The number of halogens is 1. The van der Waals surface area contributed by atoms with Crippen LogP contribution in [0.5, 0.6) is 5.75 Å². The third-order valence-corrected chi connectivity index (χ3v) is 3.36. The number of aryl methyl sites for hydroxylation is 1. The lowest BCUT2D eigenvalue weighted by Crippen LogP contribution is -1.97. The number of ether oxygens (including phenoxy) is 1. The van der Waals surface area contributed by atoms with Gasteiger partial charge < -0.3 is 4.74 Å². The summed E-state index contributed by atoms with van der Waals surface area (Å²) in [5.41, 5.74) is 2.42. The molecule has 0 aliphatic rings. The molecule has 0 saturated heterocycles. The first-order valence-corrected chi connectivity index (χ1v) is 6.67. The van der Waals surface area contributed by atoms with Crippen LogP contribution in [0.25, 0.3) is 0 Å². The van der Waals surface area contributed by atoms with Gasteiger partial charge in [-0.2, -0.15) is 0 Å². The van der Waals surface area contributed by atoms with Crippen LogP contribution in [-0.4, -0.2) is 4.98 Å². The molecule has 0 spiro atoms. The van der Waals surface area contributed by atoms with Crippen molar-refractivity contribution < 1.29 is 4.74 Å². The smallest absolute Gasteiger partial charge is 0.133 e. The highest BCUT2D eigenvalue weighted by Crippen LogP contribution is 2.23. The first-order valence-electron chi connectivity index (χ1n) is 5.59. The molecule has 0 unspecified atom stereocenters. The summed E-state index contributed by atoms with van der Waals surface area (Å²) in [4.78, 5) is 4.06. The minimum absolute atomic E-state index is 0.565. The van der Waals surface area contributed by atoms with E-state index < -0.39 is 0 Å². The van der Waals surface area contributed by atoms with Gasteiger partial charge in [-0.05, 0) is 52.8 Å². The minimum atomic E-state index is 0.565. The Morgan fingerprint density at radius 2 is 2.12 bits per heavy atom. The lowest BCUT2D eigenvalue weighted by Gasteiger charge is -2.09. The number of benzene rings is 1. The van der Waals surface area contributed by atoms with Crippen LogP contribution < -0.4 is 4.74 Å². The Labute approximate surface area is 115 Å². The largest absolute Gasteiger partial charge is 0.488 e. The second kappa shape index (κ2) is 6.00. The fourth-order valence-corrected chi connectivity index (χ4v) is 2.26. The highest BCUT2D eigenvalue weighted by atomic mass is 127. The monoisotopic (exact) mass is 339 g/mol. The molecule has 1 heterocycles. The maximum absolute atomic E-state index is 5.77. The van der Waals surface area contributed by atoms with Gasteiger partial charge in [-0.3, -0.25) is 4.98 Å². The van der Waals surface area contributed by atoms with Gasteiger partial charge in [-0.1, -0.05) is 19.1 Å². The van der Waals surface area contributed by atoms with Crippen LogP contribution in [0.15, 0.2) is 42.7 Å². The summed E-state index contributed by atoms with van der Waals surface area (Å²) in [6.45, 7) is 2.72. The molecule has 0 atom stereocenters. The first-order chi connectivity index (χ1) is 8.29. The molecule has 2 rings (SSSR count). The van der Waals surface area contributed by atoms with E-state index in [1.165, 1.54) is 5.56 Å². The van der Waals surface area contributed by atoms with E-state index in [1.54, 1.807) is 6.20 Å². The zero-order chi connectivity index (χ0) is 12.1. The average Bonchev–Trinajstić information content (AvgIpc) is 2.38. The molecule has 0 fully saturated rings. The molecular formula is C14H14INO. The molecule has 88 valence electrons. The molecule has 0 N–H and O–H groups in total. The highest BCUT2D eigenvalue weighted by Gasteiger charge is 2.02. The summed E-state index contributed by atoms with van der Waals surface area (Å²) in [7, 11) is 0. The van der Waals surface area contributed by atoms with Gasteiger partial charge >= 0.3 is 0 Å². The average molecular weight is 339 g/mol. The van der Waals surface area contributed by atoms with Gasteiger partial charge in [-0.25, -0.2) is 0 Å². The Morgan fingerprint density at radius 3 is 2.76 bits per heavy atom. The molecule has 2 nitrogen and oxygen atoms in total. The van der Waals surface area contributed by atoms with Crippen molar-refractivity contribution in [2.24, 2.45) is 0 Å². The summed E-state index contributed by atoms with van der Waals surface area (Å²) in [5.74, 6) is 0.937. The van der Waals surface area contributed by atoms with Gasteiger partial charge in [0.25, 0.3) is 0 Å². The molecule has 0 aliphatic carbocycles. The summed E-state index contributed by atoms with van der Waals surface area (Å²) < 4.78 is 6.93. The standard InChI is InChI=1S/C14H14INO/c1-2-11-5-6-14(13(15)8-11)17-10-12-4-3-7-16-9-12/h3-9H,2,10H2,1H3. The topological polar surface area (TPSA) is 22.1 Å². The van der Waals surface area contributed by atoms with E-state index in [1.807, 2.05) is 24.4 Å². The number of aromatic nitrogens is 1. The van der Waals surface area contributed by atoms with E-state index in [9.17, 15) is 0 Å². The number of hydrogen-bond donors (Lipinski definition) is 0. The molecule has 0 radical (unpaired) electrons. The maximum atomic E-state index is 5.77. The van der Waals surface area contributed by atoms with E-state index in [0.29, 0.717) is 6.61 Å². The van der Waals surface area contributed by atoms with Gasteiger partial charge in [0.05, 0.1) is 3.57 Å². The summed E-state index contributed by atoms with van der Waals surface area (Å²) in [6, 6.07) is 10.3. The zero-order valence-corrected chi connectivity index (χ0v) is 11.8. The first kappa shape index (κ1) is 12.4. The van der Waals surface area contributed by atoms with E-state index in [4.69, 9.17) is 4.74 Å². The van der Waals surface area contributed by atoms with Crippen molar-refractivity contribution in [2.45, 2.75) is 20.0 Å². The van der Waals surface area contributed by atoms with Crippen molar-refractivity contribution in [3.8, 4) is 5.75 Å². The fraction of sp³-hybridized carbons (Fsp3) is 0.214. The van der Waals surface area contributed by atoms with Crippen LogP contribution in [0.2, 0.25) is 0 Å². The fourth-order valence-electron chi connectivity index (χ4n) is 1.53. The SMILES string of the molecule is CCc1ccc(OCc2cccnc2)c(I)c1. The summed E-state index contributed by atoms with van der Waals surface area (Å²) in [5, 5.41) is 0. The molecule has 1 aromatic heterocycles. The molecule has 0 saturated carbocycles. The molecular weight excluding hydrogens is 325 g/mol. The van der Waals surface area contributed by atoms with Crippen molar-refractivity contribution in [1.82, 2.24) is 4.98 Å². The number of hydrogen-bond acceptors (Lipinski definition) is 2. The minimum Gasteiger partial charge on any atom is -0.488 e. The molecule has 1 aromatic carbocycles. The van der Waals surface area contributed by atoms with E-state index >= 15 is 0 Å². The van der Waals surface area contributed by atoms with Gasteiger partial charge in [0.2, 0.25) is 0 Å². The molecule has 2 aromatic rings. The normalized spacial score (nSPS) is 10.2. The van der Waals surface area contributed by atoms with Crippen molar-refractivity contribution in [3.63, 3.8) is 0 Å². The molecule has 0 aliphatic heterocycles. The van der Waals surface area contributed by atoms with Crippen LogP contribution in [0.3, 0.4) is 0 Å². The zero-order valence-electron chi connectivity index (χ0n) is 9.69. The van der Waals surface area contributed by atoms with Gasteiger partial charge in [-0.15, -0.1) is 0 Å². The third kappa shape index (κ3) is 3.43. The van der Waals surface area contributed by atoms with Crippen molar-refractivity contribution in [3.05, 3.63) is 57.4 Å². The second-order valence-corrected chi connectivity index (χ2v) is 4.93. The van der Waals surface area contributed by atoms with Crippen LogP contribution >= 0.6 is 22.6 Å². The third-order valence-electron chi connectivity index (χ3n) is 2.52. The van der Waals surface area contributed by atoms with Gasteiger partial charge in [0, 0.05) is 18.0 Å². The second-order valence-electron chi connectivity index (χ2n) is 3.77. The number of nitrogens with zero attached hydrogens (tertiary/aromatic N) is 1. The predicted octanol–water partition coefficient (Wildman–Crippen LogP) is 3.83. The van der Waals surface area contributed by atoms with Crippen LogP contribution in [-0.2, 0) is 13.0 Å². The van der Waals surface area contributed by atoms with E-state index in [0.717, 1.165) is 21.3 Å². The lowest BCUT2D eigenvalue weighted by atomic mass is 10.2. The quantitative estimate of drug-likeness (QED) is 0.790. The predicted molar refractivity (Wildman–Crippen MR) is 77.1 cm³/mol. The molecule has 3 heteroatoms. The lowest BCUT2D eigenvalue weighted by molar-refractivity contribution is 0.303. The van der Waals surface area contributed by atoms with Crippen molar-refractivity contribution >= 4 is 22.6 Å². The Kier molecular flexibility index (Phi) is 4.36. The summed E-state index contributed by atoms with van der Waals surface area (Å²) in [6.07, 6.45) is 4.65. The van der Waals surface area contributed by atoms with Gasteiger partial charge in [0.1, 0.15) is 12.4 Å². The molecule has 0 bridgehead atoms. The van der Waals surface area contributed by atoms with E-state index in [2.05, 4.69) is 46.6 Å². The number of rotatable bonds is 4. The number of pyridine rings is 1. The van der Waals surface area contributed by atoms with Crippen molar-refractivity contribution in [1.29, 1.82) is 0 Å². The van der Waals surface area contributed by atoms with Crippen molar-refractivity contribution in [2.75, 3.05) is 0 Å².